The number of carbonyl (C=O) groups is 1. The van der Waals surface area contributed by atoms with Gasteiger partial charge in [0.25, 0.3) is 0 Å². The molecule has 1 aliphatic heterocycles. The van der Waals surface area contributed by atoms with E-state index in [1.54, 1.807) is 0 Å². The summed E-state index contributed by atoms with van der Waals surface area (Å²) in [5.74, 6) is 0.606. The summed E-state index contributed by atoms with van der Waals surface area (Å²) in [7, 11) is 2.18. The minimum absolute atomic E-state index is 0.0450. The molecule has 0 bridgehead atoms. The van der Waals surface area contributed by atoms with Crippen LogP contribution in [0.25, 0.3) is 0 Å². The monoisotopic (exact) mass is 402 g/mol. The van der Waals surface area contributed by atoms with Crippen LogP contribution in [0.1, 0.15) is 38.8 Å². The molecule has 0 aromatic heterocycles. The summed E-state index contributed by atoms with van der Waals surface area (Å²) < 4.78 is 0. The van der Waals surface area contributed by atoms with Crippen molar-refractivity contribution in [2.75, 3.05) is 46.3 Å². The van der Waals surface area contributed by atoms with Gasteiger partial charge in [0.2, 0.25) is 5.91 Å². The third-order valence-electron chi connectivity index (χ3n) is 4.72. The maximum Gasteiger partial charge on any atom is 0.239 e. The normalized spacial score (nSPS) is 16.5. The number of guanidine groups is 1. The Balaban J connectivity index is 1.84. The molecule has 0 atom stereocenters. The minimum atomic E-state index is -0.236. The maximum atomic E-state index is 12.0. The molecule has 7 nitrogen and oxygen atoms in total. The average molecular weight is 403 g/mol. The Morgan fingerprint density at radius 3 is 2.24 bits per heavy atom. The van der Waals surface area contributed by atoms with E-state index in [0.29, 0.717) is 12.5 Å². The van der Waals surface area contributed by atoms with E-state index in [-0.39, 0.29) is 18.0 Å². The lowest BCUT2D eigenvalue weighted by Crippen LogP contribution is -2.48. The zero-order valence-electron chi connectivity index (χ0n) is 18.7. The first-order valence-corrected chi connectivity index (χ1v) is 10.6. The van der Waals surface area contributed by atoms with Crippen LogP contribution in [0.3, 0.4) is 0 Å². The molecular formula is C22H38N6O. The number of nitrogens with one attached hydrogen (secondary N) is 3. The van der Waals surface area contributed by atoms with Crippen LogP contribution < -0.4 is 16.0 Å². The van der Waals surface area contributed by atoms with Crippen molar-refractivity contribution in [1.29, 1.82) is 0 Å². The predicted octanol–water partition coefficient (Wildman–Crippen LogP) is 1.40. The Kier molecular flexibility index (Phi) is 8.92. The highest BCUT2D eigenvalue weighted by Gasteiger charge is 2.14. The van der Waals surface area contributed by atoms with E-state index >= 15 is 0 Å². The molecule has 0 radical (unpaired) electrons. The molecule has 0 spiro atoms. The molecule has 0 saturated carbocycles. The number of likely N-dealkylation sites (N-methyl/N-ethyl adjacent to an activating group) is 1. The van der Waals surface area contributed by atoms with Crippen LogP contribution in [0.4, 0.5) is 0 Å². The number of amides is 1. The lowest BCUT2D eigenvalue weighted by atomic mass is 10.1. The zero-order valence-corrected chi connectivity index (χ0v) is 18.7. The highest BCUT2D eigenvalue weighted by Crippen LogP contribution is 2.10. The molecule has 162 valence electrons. The average Bonchev–Trinajstić information content (AvgIpc) is 2.65. The SMILES string of the molecule is CCNC(=NCc1ccc(CN2CCN(C)CC2)cc1)NCC(=O)NC(C)(C)C. The number of nitrogens with zero attached hydrogens (tertiary/aromatic N) is 3. The highest BCUT2D eigenvalue weighted by molar-refractivity contribution is 5.86. The van der Waals surface area contributed by atoms with Crippen LogP contribution in [-0.2, 0) is 17.9 Å². The summed E-state index contributed by atoms with van der Waals surface area (Å²) in [5.41, 5.74) is 2.26. The van der Waals surface area contributed by atoms with E-state index < -0.39 is 0 Å². The third kappa shape index (κ3) is 9.28. The molecule has 1 heterocycles. The van der Waals surface area contributed by atoms with E-state index in [2.05, 4.69) is 62.1 Å². The highest BCUT2D eigenvalue weighted by atomic mass is 16.2. The molecule has 0 aliphatic carbocycles. The molecular weight excluding hydrogens is 364 g/mol. The van der Waals surface area contributed by atoms with Crippen LogP contribution in [0.5, 0.6) is 0 Å². The van der Waals surface area contributed by atoms with Crippen molar-refractivity contribution < 1.29 is 4.79 Å². The van der Waals surface area contributed by atoms with Crippen molar-refractivity contribution in [2.45, 2.75) is 46.3 Å². The summed E-state index contributed by atoms with van der Waals surface area (Å²) >= 11 is 0. The van der Waals surface area contributed by atoms with Gasteiger partial charge in [-0.2, -0.15) is 0 Å². The second-order valence-electron chi connectivity index (χ2n) is 8.74. The fourth-order valence-corrected chi connectivity index (χ4v) is 3.15. The van der Waals surface area contributed by atoms with Crippen LogP contribution >= 0.6 is 0 Å². The fourth-order valence-electron chi connectivity index (χ4n) is 3.15. The number of aliphatic imine (C=N–C) groups is 1. The van der Waals surface area contributed by atoms with Gasteiger partial charge in [0.05, 0.1) is 13.1 Å². The molecule has 3 N–H and O–H groups in total. The minimum Gasteiger partial charge on any atom is -0.357 e. The van der Waals surface area contributed by atoms with Crippen molar-refractivity contribution in [1.82, 2.24) is 25.8 Å². The van der Waals surface area contributed by atoms with Crippen LogP contribution in [0.2, 0.25) is 0 Å². The molecule has 1 fully saturated rings. The summed E-state index contributed by atoms with van der Waals surface area (Å²) in [6.45, 7) is 15.0. The number of piperazine rings is 1. The van der Waals surface area contributed by atoms with Crippen molar-refractivity contribution in [3.8, 4) is 0 Å². The quantitative estimate of drug-likeness (QED) is 0.475. The largest absolute Gasteiger partial charge is 0.357 e. The van der Waals surface area contributed by atoms with Crippen molar-refractivity contribution in [3.05, 3.63) is 35.4 Å². The summed E-state index contributed by atoms with van der Waals surface area (Å²) in [4.78, 5) is 21.5. The number of rotatable bonds is 7. The van der Waals surface area contributed by atoms with Gasteiger partial charge >= 0.3 is 0 Å². The predicted molar refractivity (Wildman–Crippen MR) is 120 cm³/mol. The second kappa shape index (κ2) is 11.2. The van der Waals surface area contributed by atoms with E-state index in [1.165, 1.54) is 5.56 Å². The number of hydrogen-bond donors (Lipinski definition) is 3. The molecule has 1 saturated heterocycles. The van der Waals surface area contributed by atoms with Crippen molar-refractivity contribution in [3.63, 3.8) is 0 Å². The smallest absolute Gasteiger partial charge is 0.239 e. The van der Waals surface area contributed by atoms with E-state index in [9.17, 15) is 4.79 Å². The number of hydrogen-bond acceptors (Lipinski definition) is 4. The lowest BCUT2D eigenvalue weighted by Gasteiger charge is -2.32. The van der Waals surface area contributed by atoms with E-state index in [4.69, 9.17) is 0 Å². The van der Waals surface area contributed by atoms with Crippen molar-refractivity contribution >= 4 is 11.9 Å². The third-order valence-corrected chi connectivity index (χ3v) is 4.72. The molecule has 1 amide bonds. The van der Waals surface area contributed by atoms with Crippen LogP contribution in [0.15, 0.2) is 29.3 Å². The topological polar surface area (TPSA) is 72.0 Å². The first-order valence-electron chi connectivity index (χ1n) is 10.6. The van der Waals surface area contributed by atoms with Gasteiger partial charge in [-0.05, 0) is 45.9 Å². The van der Waals surface area contributed by atoms with Gasteiger partial charge in [0.15, 0.2) is 5.96 Å². The summed E-state index contributed by atoms with van der Waals surface area (Å²) in [5, 5.41) is 9.23. The van der Waals surface area contributed by atoms with Gasteiger partial charge in [-0.1, -0.05) is 24.3 Å². The molecule has 0 unspecified atom stereocenters. The number of benzene rings is 1. The van der Waals surface area contributed by atoms with Gasteiger partial charge in [0, 0.05) is 44.8 Å². The van der Waals surface area contributed by atoms with Gasteiger partial charge in [-0.3, -0.25) is 9.69 Å². The van der Waals surface area contributed by atoms with Crippen molar-refractivity contribution in [2.24, 2.45) is 4.99 Å². The molecule has 1 aromatic carbocycles. The van der Waals surface area contributed by atoms with E-state index in [1.807, 2.05) is 27.7 Å². The van der Waals surface area contributed by atoms with Gasteiger partial charge < -0.3 is 20.9 Å². The standard InChI is InChI=1S/C22H38N6O/c1-6-23-21(25-16-20(29)26-22(2,3)4)24-15-18-7-9-19(10-8-18)17-28-13-11-27(5)12-14-28/h7-10H,6,11-17H2,1-5H3,(H,26,29)(H2,23,24,25). The fraction of sp³-hybridized carbons (Fsp3) is 0.636. The first kappa shape index (κ1) is 23.2. The molecule has 1 aromatic rings. The number of carbonyl (C=O) groups excluding carboxylic acids is 1. The Labute approximate surface area is 175 Å². The second-order valence-corrected chi connectivity index (χ2v) is 8.74. The Morgan fingerprint density at radius 1 is 1.03 bits per heavy atom. The first-order chi connectivity index (χ1) is 13.7. The molecule has 29 heavy (non-hydrogen) atoms. The Hall–Kier alpha value is -2.12. The van der Waals surface area contributed by atoms with Gasteiger partial charge in [-0.25, -0.2) is 4.99 Å². The summed E-state index contributed by atoms with van der Waals surface area (Å²) in [6.07, 6.45) is 0. The van der Waals surface area contributed by atoms with Gasteiger partial charge in [0.1, 0.15) is 0 Å². The molecule has 7 heteroatoms. The maximum absolute atomic E-state index is 12.0. The van der Waals surface area contributed by atoms with Gasteiger partial charge in [-0.15, -0.1) is 0 Å². The Bertz CT molecular complexity index is 657. The zero-order chi connectivity index (χ0) is 21.3. The molecule has 1 aliphatic rings. The molecule has 2 rings (SSSR count). The Morgan fingerprint density at radius 2 is 1.66 bits per heavy atom. The van der Waals surface area contributed by atoms with E-state index in [0.717, 1.165) is 44.8 Å². The lowest BCUT2D eigenvalue weighted by molar-refractivity contribution is -0.121. The summed E-state index contributed by atoms with van der Waals surface area (Å²) in [6, 6.07) is 8.68. The van der Waals surface area contributed by atoms with Crippen LogP contribution in [-0.4, -0.2) is 73.5 Å². The van der Waals surface area contributed by atoms with Crippen LogP contribution in [0, 0.1) is 0 Å².